The highest BCUT2D eigenvalue weighted by Crippen LogP contribution is 2.28. The average molecular weight is 310 g/mol. The van der Waals surface area contributed by atoms with E-state index in [1.165, 1.54) is 5.82 Å². The van der Waals surface area contributed by atoms with Crippen molar-refractivity contribution >= 4 is 11.3 Å². The van der Waals surface area contributed by atoms with Crippen molar-refractivity contribution < 1.29 is 0 Å². The van der Waals surface area contributed by atoms with Gasteiger partial charge in [-0.05, 0) is 13.0 Å². The summed E-state index contributed by atoms with van der Waals surface area (Å²) in [5.74, 6) is 3.33. The van der Waals surface area contributed by atoms with Gasteiger partial charge in [0.2, 0.25) is 0 Å². The molecule has 4 rings (SSSR count). The predicted octanol–water partition coefficient (Wildman–Crippen LogP) is 2.49. The molecule has 3 aromatic heterocycles. The topological polar surface area (TPSA) is 51.2 Å². The highest BCUT2D eigenvalue weighted by Gasteiger charge is 2.30. The molecule has 0 amide bonds. The summed E-state index contributed by atoms with van der Waals surface area (Å²) < 4.78 is 4.21. The molecule has 0 aliphatic carbocycles. The minimum Gasteiger partial charge on any atom is -0.354 e. The van der Waals surface area contributed by atoms with Crippen LogP contribution in [-0.2, 0) is 6.54 Å². The molecule has 23 heavy (non-hydrogen) atoms. The Morgan fingerprint density at radius 1 is 1.17 bits per heavy atom. The van der Waals surface area contributed by atoms with Crippen LogP contribution in [-0.4, -0.2) is 37.2 Å². The lowest BCUT2D eigenvalue weighted by Gasteiger charge is -2.40. The van der Waals surface area contributed by atoms with Crippen LogP contribution in [0.3, 0.4) is 0 Å². The molecule has 0 unspecified atom stereocenters. The molecule has 0 aromatic carbocycles. The van der Waals surface area contributed by atoms with Gasteiger partial charge in [0.1, 0.15) is 11.3 Å². The van der Waals surface area contributed by atoms with Gasteiger partial charge in [-0.3, -0.25) is 0 Å². The van der Waals surface area contributed by atoms with Gasteiger partial charge in [-0.15, -0.1) is 0 Å². The van der Waals surface area contributed by atoms with E-state index in [1.54, 1.807) is 0 Å². The summed E-state index contributed by atoms with van der Waals surface area (Å²) in [6.07, 6.45) is 7.73. The van der Waals surface area contributed by atoms with Crippen LogP contribution in [0, 0.1) is 12.8 Å². The van der Waals surface area contributed by atoms with Gasteiger partial charge in [-0.25, -0.2) is 14.5 Å². The Balaban J connectivity index is 1.48. The summed E-state index contributed by atoms with van der Waals surface area (Å²) in [5.41, 5.74) is 2.12. The fourth-order valence-electron chi connectivity index (χ4n) is 3.39. The van der Waals surface area contributed by atoms with Gasteiger partial charge in [0.15, 0.2) is 5.82 Å². The molecule has 1 saturated heterocycles. The molecule has 0 N–H and O–H groups in total. The van der Waals surface area contributed by atoms with E-state index in [0.29, 0.717) is 11.8 Å². The summed E-state index contributed by atoms with van der Waals surface area (Å²) >= 11 is 0. The number of aromatic nitrogens is 5. The number of hydrogen-bond acceptors (Lipinski definition) is 4. The highest BCUT2D eigenvalue weighted by atomic mass is 15.3. The smallest absolute Gasteiger partial charge is 0.154 e. The second-order valence-corrected chi connectivity index (χ2v) is 6.73. The van der Waals surface area contributed by atoms with E-state index < -0.39 is 0 Å². The maximum absolute atomic E-state index is 4.57. The van der Waals surface area contributed by atoms with Crippen molar-refractivity contribution in [2.75, 3.05) is 18.0 Å². The Morgan fingerprint density at radius 2 is 1.96 bits per heavy atom. The zero-order chi connectivity index (χ0) is 16.0. The molecule has 0 radical (unpaired) electrons. The lowest BCUT2D eigenvalue weighted by atomic mass is 9.99. The van der Waals surface area contributed by atoms with Gasteiger partial charge >= 0.3 is 0 Å². The van der Waals surface area contributed by atoms with Crippen LogP contribution in [0.15, 0.2) is 30.9 Å². The minimum atomic E-state index is 0.464. The van der Waals surface area contributed by atoms with Crippen LogP contribution in [0.2, 0.25) is 0 Å². The quantitative estimate of drug-likeness (QED) is 0.743. The van der Waals surface area contributed by atoms with Crippen LogP contribution in [0.1, 0.15) is 31.3 Å². The molecule has 4 heterocycles. The first-order valence-electron chi connectivity index (χ1n) is 8.19. The second kappa shape index (κ2) is 5.37. The number of aryl methyl sites for hydroxylation is 1. The largest absolute Gasteiger partial charge is 0.354 e. The van der Waals surface area contributed by atoms with Gasteiger partial charge in [0.05, 0.1) is 5.69 Å². The number of fused-ring (bicyclic) bond motifs is 1. The zero-order valence-corrected chi connectivity index (χ0v) is 13.8. The molecular formula is C17H22N6. The van der Waals surface area contributed by atoms with Gasteiger partial charge < -0.3 is 9.47 Å². The predicted molar refractivity (Wildman–Crippen MR) is 89.7 cm³/mol. The lowest BCUT2D eigenvalue weighted by Crippen LogP contribution is -2.49. The Kier molecular flexibility index (Phi) is 3.32. The van der Waals surface area contributed by atoms with Crippen molar-refractivity contribution in [3.8, 4) is 0 Å². The van der Waals surface area contributed by atoms with Crippen molar-refractivity contribution in [1.29, 1.82) is 0 Å². The van der Waals surface area contributed by atoms with Crippen molar-refractivity contribution in [2.24, 2.45) is 5.92 Å². The fraction of sp³-hybridized carbons (Fsp3) is 0.471. The Hall–Kier alpha value is -2.37. The number of anilines is 1. The Bertz CT molecular complexity index is 825. The molecule has 0 saturated carbocycles. The molecule has 6 heteroatoms. The number of imidazole rings is 1. The summed E-state index contributed by atoms with van der Waals surface area (Å²) in [6, 6.07) is 2.10. The Labute approximate surface area is 135 Å². The van der Waals surface area contributed by atoms with Crippen LogP contribution in [0.4, 0.5) is 5.82 Å². The Morgan fingerprint density at radius 3 is 2.74 bits per heavy atom. The maximum atomic E-state index is 4.57. The molecule has 1 aliphatic rings. The van der Waals surface area contributed by atoms with Gasteiger partial charge in [0, 0.05) is 56.3 Å². The van der Waals surface area contributed by atoms with Crippen LogP contribution in [0.5, 0.6) is 0 Å². The summed E-state index contributed by atoms with van der Waals surface area (Å²) in [6.45, 7) is 9.50. The van der Waals surface area contributed by atoms with Crippen LogP contribution < -0.4 is 4.90 Å². The minimum absolute atomic E-state index is 0.464. The van der Waals surface area contributed by atoms with Gasteiger partial charge in [-0.1, -0.05) is 13.8 Å². The van der Waals surface area contributed by atoms with E-state index in [9.17, 15) is 0 Å². The molecule has 0 atom stereocenters. The molecule has 1 aliphatic heterocycles. The lowest BCUT2D eigenvalue weighted by molar-refractivity contribution is 0.349. The maximum Gasteiger partial charge on any atom is 0.154 e. The third kappa shape index (κ3) is 2.48. The van der Waals surface area contributed by atoms with E-state index >= 15 is 0 Å². The first-order valence-corrected chi connectivity index (χ1v) is 8.19. The zero-order valence-electron chi connectivity index (χ0n) is 13.8. The first-order chi connectivity index (χ1) is 11.1. The third-order valence-electron chi connectivity index (χ3n) is 4.47. The number of nitrogens with zero attached hydrogens (tertiary/aromatic N) is 6. The molecule has 120 valence electrons. The van der Waals surface area contributed by atoms with Crippen molar-refractivity contribution in [1.82, 2.24) is 24.1 Å². The normalized spacial score (nSPS) is 15.6. The molecule has 1 fully saturated rings. The summed E-state index contributed by atoms with van der Waals surface area (Å²) in [5, 5.41) is 4.46. The summed E-state index contributed by atoms with van der Waals surface area (Å²) in [7, 11) is 0. The standard InChI is InChI=1S/C17H22N6/c1-12(2)16-18-4-6-21(16)9-14-10-22(11-14)17-15-8-13(3)20-23(15)7-5-19-17/h4-8,12,14H,9-11H2,1-3H3. The molecule has 0 spiro atoms. The molecule has 0 bridgehead atoms. The van der Waals surface area contributed by atoms with E-state index in [0.717, 1.165) is 36.7 Å². The van der Waals surface area contributed by atoms with E-state index in [1.807, 2.05) is 30.0 Å². The van der Waals surface area contributed by atoms with Crippen molar-refractivity contribution in [3.63, 3.8) is 0 Å². The van der Waals surface area contributed by atoms with E-state index in [2.05, 4.69) is 50.6 Å². The SMILES string of the molecule is Cc1cc2c(N3CC(Cn4ccnc4C(C)C)C3)nccn2n1. The van der Waals surface area contributed by atoms with E-state index in [4.69, 9.17) is 0 Å². The fourth-order valence-corrected chi connectivity index (χ4v) is 3.39. The molecule has 3 aromatic rings. The third-order valence-corrected chi connectivity index (χ3v) is 4.47. The second-order valence-electron chi connectivity index (χ2n) is 6.73. The van der Waals surface area contributed by atoms with Crippen LogP contribution in [0.25, 0.3) is 5.52 Å². The highest BCUT2D eigenvalue weighted by molar-refractivity contribution is 5.69. The van der Waals surface area contributed by atoms with Gasteiger partial charge in [-0.2, -0.15) is 5.10 Å². The average Bonchev–Trinajstić information content (AvgIpc) is 3.07. The first kappa shape index (κ1) is 14.2. The summed E-state index contributed by atoms with van der Waals surface area (Å²) in [4.78, 5) is 11.4. The number of rotatable bonds is 4. The van der Waals surface area contributed by atoms with Crippen molar-refractivity contribution in [3.05, 3.63) is 42.4 Å². The van der Waals surface area contributed by atoms with Crippen LogP contribution >= 0.6 is 0 Å². The monoisotopic (exact) mass is 310 g/mol. The molecular weight excluding hydrogens is 288 g/mol. The number of hydrogen-bond donors (Lipinski definition) is 0. The van der Waals surface area contributed by atoms with Crippen molar-refractivity contribution in [2.45, 2.75) is 33.2 Å². The van der Waals surface area contributed by atoms with E-state index in [-0.39, 0.29) is 0 Å². The van der Waals surface area contributed by atoms with Gasteiger partial charge in [0.25, 0.3) is 0 Å². The molecule has 6 nitrogen and oxygen atoms in total.